The van der Waals surface area contributed by atoms with E-state index in [1.54, 1.807) is 6.07 Å². The van der Waals surface area contributed by atoms with Gasteiger partial charge in [0.2, 0.25) is 0 Å². The van der Waals surface area contributed by atoms with Crippen molar-refractivity contribution in [1.29, 1.82) is 0 Å². The number of hydrogen-bond donors (Lipinski definition) is 1. The number of rotatable bonds is 10. The number of benzene rings is 1. The number of hydrogen-bond acceptors (Lipinski definition) is 5. The highest BCUT2D eigenvalue weighted by Crippen LogP contribution is 2.35. The summed E-state index contributed by atoms with van der Waals surface area (Å²) in [6.07, 6.45) is 3.27. The Balaban J connectivity index is 2.50. The summed E-state index contributed by atoms with van der Waals surface area (Å²) in [5, 5.41) is 9.02. The third-order valence-electron chi connectivity index (χ3n) is 5.56. The summed E-state index contributed by atoms with van der Waals surface area (Å²) in [4.78, 5) is 14.8. The number of carbonyl (C=O) groups is 1. The average molecular weight is 433 g/mol. The molecule has 172 valence electrons. The standard InChI is InChI=1S/C24H37FN4O2/c1-9-12-16(6)31-22-14-21(29-17(7)28(8)23(27-29)15(4)5)20(25)13-19(22)24(30)26-18(10-2)11-3/h13-16,18H,7,9-12H2,1-6,8H3,(H,26,30). The fourth-order valence-corrected chi connectivity index (χ4v) is 3.62. The van der Waals surface area contributed by atoms with E-state index >= 15 is 4.39 Å². The third kappa shape index (κ3) is 5.57. The first-order valence-electron chi connectivity index (χ1n) is 11.3. The van der Waals surface area contributed by atoms with Crippen molar-refractivity contribution in [2.24, 2.45) is 11.0 Å². The Bertz CT molecular complexity index is 833. The van der Waals surface area contributed by atoms with E-state index in [1.165, 1.54) is 11.1 Å². The van der Waals surface area contributed by atoms with Crippen LogP contribution in [0, 0.1) is 11.7 Å². The van der Waals surface area contributed by atoms with Gasteiger partial charge in [0.05, 0.1) is 11.7 Å². The van der Waals surface area contributed by atoms with Crippen molar-refractivity contribution in [2.75, 3.05) is 12.1 Å². The topological polar surface area (TPSA) is 57.2 Å². The lowest BCUT2D eigenvalue weighted by atomic mass is 10.1. The average Bonchev–Trinajstić information content (AvgIpc) is 3.02. The van der Waals surface area contributed by atoms with E-state index in [1.807, 2.05) is 46.6 Å². The molecule has 0 bridgehead atoms. The highest BCUT2D eigenvalue weighted by atomic mass is 19.1. The molecule has 31 heavy (non-hydrogen) atoms. The molecule has 0 fully saturated rings. The Hall–Kier alpha value is -2.57. The first kappa shape index (κ1) is 24.7. The second-order valence-corrected chi connectivity index (χ2v) is 8.40. The minimum absolute atomic E-state index is 0.0290. The zero-order valence-corrected chi connectivity index (χ0v) is 20.0. The number of nitrogens with one attached hydrogen (secondary N) is 1. The van der Waals surface area contributed by atoms with Crippen LogP contribution in [0.25, 0.3) is 0 Å². The number of halogens is 1. The van der Waals surface area contributed by atoms with E-state index in [0.29, 0.717) is 11.6 Å². The molecule has 0 aliphatic carbocycles. The van der Waals surface area contributed by atoms with Crippen molar-refractivity contribution in [2.45, 2.75) is 79.4 Å². The zero-order chi connectivity index (χ0) is 23.3. The normalized spacial score (nSPS) is 15.0. The highest BCUT2D eigenvalue weighted by Gasteiger charge is 2.31. The van der Waals surface area contributed by atoms with Gasteiger partial charge in [-0.1, -0.05) is 47.6 Å². The van der Waals surface area contributed by atoms with Gasteiger partial charge in [-0.3, -0.25) is 4.79 Å². The molecule has 7 heteroatoms. The molecule has 1 N–H and O–H groups in total. The Morgan fingerprint density at radius 2 is 1.87 bits per heavy atom. The monoisotopic (exact) mass is 432 g/mol. The Morgan fingerprint density at radius 3 is 2.39 bits per heavy atom. The molecule has 6 nitrogen and oxygen atoms in total. The Morgan fingerprint density at radius 1 is 1.23 bits per heavy atom. The molecular weight excluding hydrogens is 395 g/mol. The Labute approximate surface area is 186 Å². The number of hydrazone groups is 1. The van der Waals surface area contributed by atoms with E-state index in [2.05, 4.69) is 23.9 Å². The van der Waals surface area contributed by atoms with Crippen LogP contribution in [0.5, 0.6) is 5.75 Å². The molecule has 1 aromatic rings. The van der Waals surface area contributed by atoms with Crippen LogP contribution in [-0.4, -0.2) is 35.8 Å². The van der Waals surface area contributed by atoms with Gasteiger partial charge in [0.25, 0.3) is 5.91 Å². The molecule has 1 aliphatic heterocycles. The second kappa shape index (κ2) is 10.6. The summed E-state index contributed by atoms with van der Waals surface area (Å²) in [6, 6.07) is 2.84. The van der Waals surface area contributed by atoms with Crippen molar-refractivity contribution in [3.8, 4) is 5.75 Å². The molecule has 1 aliphatic rings. The number of anilines is 1. The van der Waals surface area contributed by atoms with Crippen LogP contribution in [0.1, 0.15) is 77.6 Å². The molecule has 0 saturated carbocycles. The van der Waals surface area contributed by atoms with Crippen LogP contribution in [0.3, 0.4) is 0 Å². The predicted octanol–water partition coefficient (Wildman–Crippen LogP) is 5.50. The van der Waals surface area contributed by atoms with Gasteiger partial charge < -0.3 is 15.0 Å². The maximum atomic E-state index is 15.3. The van der Waals surface area contributed by atoms with Crippen molar-refractivity contribution < 1.29 is 13.9 Å². The lowest BCUT2D eigenvalue weighted by Crippen LogP contribution is -2.34. The van der Waals surface area contributed by atoms with E-state index in [0.717, 1.165) is 31.5 Å². The molecule has 1 amide bonds. The summed E-state index contributed by atoms with van der Waals surface area (Å²) >= 11 is 0. The van der Waals surface area contributed by atoms with Crippen molar-refractivity contribution >= 4 is 17.4 Å². The van der Waals surface area contributed by atoms with Gasteiger partial charge in [0, 0.05) is 25.1 Å². The smallest absolute Gasteiger partial charge is 0.255 e. The number of amides is 1. The van der Waals surface area contributed by atoms with Crippen molar-refractivity contribution in [3.05, 3.63) is 35.9 Å². The maximum Gasteiger partial charge on any atom is 0.255 e. The molecule has 0 spiro atoms. The van der Waals surface area contributed by atoms with Crippen LogP contribution < -0.4 is 15.1 Å². The fraction of sp³-hybridized carbons (Fsp3) is 0.583. The predicted molar refractivity (Wildman–Crippen MR) is 125 cm³/mol. The summed E-state index contributed by atoms with van der Waals surface area (Å²) in [6.45, 7) is 16.2. The second-order valence-electron chi connectivity index (χ2n) is 8.40. The lowest BCUT2D eigenvalue weighted by molar-refractivity contribution is 0.0927. The van der Waals surface area contributed by atoms with Gasteiger partial charge in [0.15, 0.2) is 0 Å². The minimum Gasteiger partial charge on any atom is -0.490 e. The first-order valence-corrected chi connectivity index (χ1v) is 11.3. The summed E-state index contributed by atoms with van der Waals surface area (Å²) < 4.78 is 21.4. The first-order chi connectivity index (χ1) is 14.6. The summed E-state index contributed by atoms with van der Waals surface area (Å²) in [7, 11) is 1.86. The molecule has 1 heterocycles. The molecule has 2 rings (SSSR count). The van der Waals surface area contributed by atoms with Crippen LogP contribution in [-0.2, 0) is 0 Å². The number of ether oxygens (including phenoxy) is 1. The maximum absolute atomic E-state index is 15.3. The van der Waals surface area contributed by atoms with E-state index < -0.39 is 5.82 Å². The van der Waals surface area contributed by atoms with Gasteiger partial charge in [-0.05, 0) is 32.3 Å². The van der Waals surface area contributed by atoms with E-state index in [9.17, 15) is 4.79 Å². The van der Waals surface area contributed by atoms with Crippen LogP contribution >= 0.6 is 0 Å². The largest absolute Gasteiger partial charge is 0.490 e. The van der Waals surface area contributed by atoms with Crippen molar-refractivity contribution in [3.63, 3.8) is 0 Å². The number of nitrogens with zero attached hydrogens (tertiary/aromatic N) is 3. The molecular formula is C24H37FN4O2. The van der Waals surface area contributed by atoms with Gasteiger partial charge >= 0.3 is 0 Å². The van der Waals surface area contributed by atoms with Gasteiger partial charge in [0.1, 0.15) is 28.9 Å². The van der Waals surface area contributed by atoms with E-state index in [-0.39, 0.29) is 35.2 Å². The Kier molecular flexibility index (Phi) is 8.48. The number of carbonyl (C=O) groups excluding carboxylic acids is 1. The molecule has 1 aromatic carbocycles. The number of amidine groups is 1. The SMILES string of the molecule is C=C1N(C)C(C(C)C)=NN1c1cc(OC(C)CCC)c(C(=O)NC(CC)CC)cc1F. The molecule has 1 unspecified atom stereocenters. The zero-order valence-electron chi connectivity index (χ0n) is 20.0. The van der Waals surface area contributed by atoms with E-state index in [4.69, 9.17) is 4.74 Å². The third-order valence-corrected chi connectivity index (χ3v) is 5.56. The fourth-order valence-electron chi connectivity index (χ4n) is 3.62. The molecule has 0 aromatic heterocycles. The highest BCUT2D eigenvalue weighted by molar-refractivity contribution is 5.98. The molecule has 1 atom stereocenters. The van der Waals surface area contributed by atoms with Crippen LogP contribution in [0.15, 0.2) is 29.6 Å². The van der Waals surface area contributed by atoms with Crippen LogP contribution in [0.2, 0.25) is 0 Å². The summed E-state index contributed by atoms with van der Waals surface area (Å²) in [5.74, 6) is 0.964. The van der Waals surface area contributed by atoms with Gasteiger partial charge in [-0.25, -0.2) is 9.40 Å². The quantitative estimate of drug-likeness (QED) is 0.530. The van der Waals surface area contributed by atoms with Gasteiger partial charge in [-0.2, -0.15) is 5.10 Å². The van der Waals surface area contributed by atoms with Crippen LogP contribution in [0.4, 0.5) is 10.1 Å². The lowest BCUT2D eigenvalue weighted by Gasteiger charge is -2.23. The van der Waals surface area contributed by atoms with Crippen molar-refractivity contribution in [1.82, 2.24) is 10.2 Å². The minimum atomic E-state index is -0.548. The van der Waals surface area contributed by atoms with Gasteiger partial charge in [-0.15, -0.1) is 0 Å². The molecule has 0 radical (unpaired) electrons. The summed E-state index contributed by atoms with van der Waals surface area (Å²) in [5.41, 5.74) is 0.410. The molecule has 0 saturated heterocycles.